The first-order valence-electron chi connectivity index (χ1n) is 6.62. The fourth-order valence-electron chi connectivity index (χ4n) is 2.56. The first-order chi connectivity index (χ1) is 8.61. The van der Waals surface area contributed by atoms with Crippen molar-refractivity contribution < 1.29 is 4.74 Å². The van der Waals surface area contributed by atoms with E-state index in [-0.39, 0.29) is 6.04 Å². The van der Waals surface area contributed by atoms with Crippen molar-refractivity contribution in [2.45, 2.75) is 44.9 Å². The van der Waals surface area contributed by atoms with Gasteiger partial charge >= 0.3 is 0 Å². The van der Waals surface area contributed by atoms with Gasteiger partial charge < -0.3 is 15.4 Å². The van der Waals surface area contributed by atoms with E-state index in [1.807, 2.05) is 19.2 Å². The Hall–Kier alpha value is -1.13. The number of hydrogen-bond acceptors (Lipinski definition) is 4. The Morgan fingerprint density at radius 1 is 1.56 bits per heavy atom. The summed E-state index contributed by atoms with van der Waals surface area (Å²) < 4.78 is 5.44. The van der Waals surface area contributed by atoms with Gasteiger partial charge in [-0.1, -0.05) is 0 Å². The second-order valence-corrected chi connectivity index (χ2v) is 5.16. The van der Waals surface area contributed by atoms with Crippen molar-refractivity contribution in [2.75, 3.05) is 18.6 Å². The molecule has 0 aliphatic carbocycles. The molecule has 2 rings (SSSR count). The summed E-state index contributed by atoms with van der Waals surface area (Å²) in [5, 5.41) is 0. The molecule has 0 saturated carbocycles. The van der Waals surface area contributed by atoms with Crippen LogP contribution in [0.25, 0.3) is 0 Å². The lowest BCUT2D eigenvalue weighted by Crippen LogP contribution is -2.43. The van der Waals surface area contributed by atoms with Gasteiger partial charge in [0, 0.05) is 31.9 Å². The zero-order valence-electron chi connectivity index (χ0n) is 11.5. The van der Waals surface area contributed by atoms with Crippen molar-refractivity contribution in [1.82, 2.24) is 4.98 Å². The Balaban J connectivity index is 2.14. The summed E-state index contributed by atoms with van der Waals surface area (Å²) >= 11 is 0. The summed E-state index contributed by atoms with van der Waals surface area (Å²) in [5.74, 6) is 1.03. The predicted molar refractivity (Wildman–Crippen MR) is 73.7 cm³/mol. The third-order valence-corrected chi connectivity index (χ3v) is 3.75. The van der Waals surface area contributed by atoms with Crippen LogP contribution in [0.3, 0.4) is 0 Å². The zero-order valence-corrected chi connectivity index (χ0v) is 11.5. The summed E-state index contributed by atoms with van der Waals surface area (Å²) in [5.41, 5.74) is 7.06. The molecule has 0 amide bonds. The van der Waals surface area contributed by atoms with Crippen LogP contribution in [-0.2, 0) is 4.74 Å². The molecule has 1 saturated heterocycles. The van der Waals surface area contributed by atoms with Gasteiger partial charge in [-0.15, -0.1) is 0 Å². The van der Waals surface area contributed by atoms with Crippen LogP contribution in [0.5, 0.6) is 0 Å². The minimum atomic E-state index is 0.0542. The Bertz CT molecular complexity index is 394. The number of rotatable bonds is 3. The zero-order chi connectivity index (χ0) is 13.1. The highest BCUT2D eigenvalue weighted by Gasteiger charge is 2.26. The summed E-state index contributed by atoms with van der Waals surface area (Å²) in [6.07, 6.45) is 4.35. The molecule has 2 heterocycles. The van der Waals surface area contributed by atoms with Gasteiger partial charge in [0.25, 0.3) is 0 Å². The number of methoxy groups -OCH3 is 1. The average Bonchev–Trinajstić information content (AvgIpc) is 2.38. The molecule has 0 radical (unpaired) electrons. The Morgan fingerprint density at radius 2 is 2.33 bits per heavy atom. The monoisotopic (exact) mass is 249 g/mol. The number of ether oxygens (including phenoxy) is 1. The van der Waals surface area contributed by atoms with E-state index in [4.69, 9.17) is 10.5 Å². The fraction of sp³-hybridized carbons (Fsp3) is 0.643. The highest BCUT2D eigenvalue weighted by Crippen LogP contribution is 2.25. The summed E-state index contributed by atoms with van der Waals surface area (Å²) in [6.45, 7) is 5.22. The van der Waals surface area contributed by atoms with E-state index in [0.29, 0.717) is 12.1 Å². The molecule has 2 N–H and O–H groups in total. The number of pyridine rings is 1. The van der Waals surface area contributed by atoms with Crippen molar-refractivity contribution in [1.29, 1.82) is 0 Å². The Kier molecular flexibility index (Phi) is 4.19. The van der Waals surface area contributed by atoms with E-state index >= 15 is 0 Å². The van der Waals surface area contributed by atoms with E-state index in [1.54, 1.807) is 7.11 Å². The van der Waals surface area contributed by atoms with Crippen molar-refractivity contribution >= 4 is 5.82 Å². The normalized spacial score (nSPS) is 26.1. The number of aromatic nitrogens is 1. The second-order valence-electron chi connectivity index (χ2n) is 5.16. The first kappa shape index (κ1) is 13.3. The number of nitrogens with zero attached hydrogens (tertiary/aromatic N) is 2. The summed E-state index contributed by atoms with van der Waals surface area (Å²) in [4.78, 5) is 6.82. The predicted octanol–water partition coefficient (Wildman–Crippen LogP) is 2.10. The number of hydrogen-bond donors (Lipinski definition) is 1. The minimum Gasteiger partial charge on any atom is -0.381 e. The van der Waals surface area contributed by atoms with Crippen LogP contribution in [0, 0.1) is 0 Å². The molecular formula is C14H23N3O. The van der Waals surface area contributed by atoms with Crippen molar-refractivity contribution in [3.8, 4) is 0 Å². The average molecular weight is 249 g/mol. The maximum atomic E-state index is 5.92. The maximum Gasteiger partial charge on any atom is 0.129 e. The second kappa shape index (κ2) is 5.67. The lowest BCUT2D eigenvalue weighted by molar-refractivity contribution is 0.0719. The van der Waals surface area contributed by atoms with Crippen LogP contribution in [0.15, 0.2) is 18.3 Å². The molecule has 1 aromatic rings. The van der Waals surface area contributed by atoms with Crippen LogP contribution >= 0.6 is 0 Å². The molecule has 4 heteroatoms. The number of piperidine rings is 1. The fourth-order valence-corrected chi connectivity index (χ4v) is 2.56. The van der Waals surface area contributed by atoms with Crippen LogP contribution in [0.4, 0.5) is 5.82 Å². The van der Waals surface area contributed by atoms with E-state index in [1.165, 1.54) is 0 Å². The smallest absolute Gasteiger partial charge is 0.129 e. The lowest BCUT2D eigenvalue weighted by Gasteiger charge is -2.38. The van der Waals surface area contributed by atoms with Crippen molar-refractivity contribution in [2.24, 2.45) is 5.73 Å². The highest BCUT2D eigenvalue weighted by molar-refractivity contribution is 5.43. The maximum absolute atomic E-state index is 5.92. The topological polar surface area (TPSA) is 51.4 Å². The van der Waals surface area contributed by atoms with E-state index in [9.17, 15) is 0 Å². The number of nitrogens with two attached hydrogens (primary N) is 1. The molecule has 0 spiro atoms. The number of anilines is 1. The molecule has 0 aromatic carbocycles. The molecule has 4 nitrogen and oxygen atoms in total. The molecule has 1 aromatic heterocycles. The van der Waals surface area contributed by atoms with Crippen molar-refractivity contribution in [3.63, 3.8) is 0 Å². The first-order valence-corrected chi connectivity index (χ1v) is 6.62. The van der Waals surface area contributed by atoms with Gasteiger partial charge in [0.2, 0.25) is 0 Å². The van der Waals surface area contributed by atoms with Gasteiger partial charge in [-0.2, -0.15) is 0 Å². The van der Waals surface area contributed by atoms with Crippen LogP contribution < -0.4 is 10.6 Å². The Labute approximate surface area is 109 Å². The van der Waals surface area contributed by atoms with Gasteiger partial charge in [-0.05, 0) is 44.4 Å². The Morgan fingerprint density at radius 3 is 2.94 bits per heavy atom. The van der Waals surface area contributed by atoms with Gasteiger partial charge in [-0.25, -0.2) is 4.98 Å². The SMILES string of the molecule is COC1CCN(c2cc([C@H](C)N)ccn2)C(C)C1. The molecule has 18 heavy (non-hydrogen) atoms. The third-order valence-electron chi connectivity index (χ3n) is 3.75. The molecular weight excluding hydrogens is 226 g/mol. The van der Waals surface area contributed by atoms with Crippen molar-refractivity contribution in [3.05, 3.63) is 23.9 Å². The molecule has 1 fully saturated rings. The van der Waals surface area contributed by atoms with Crippen LogP contribution in [-0.4, -0.2) is 30.8 Å². The third kappa shape index (κ3) is 2.82. The highest BCUT2D eigenvalue weighted by atomic mass is 16.5. The van der Waals surface area contributed by atoms with Crippen LogP contribution in [0.1, 0.15) is 38.3 Å². The summed E-state index contributed by atoms with van der Waals surface area (Å²) in [6, 6.07) is 4.60. The van der Waals surface area contributed by atoms with Crippen LogP contribution in [0.2, 0.25) is 0 Å². The van der Waals surface area contributed by atoms with Gasteiger partial charge in [0.15, 0.2) is 0 Å². The van der Waals surface area contributed by atoms with Gasteiger partial charge in [0.05, 0.1) is 6.10 Å². The van der Waals surface area contributed by atoms with Gasteiger partial charge in [0.1, 0.15) is 5.82 Å². The summed E-state index contributed by atoms with van der Waals surface area (Å²) in [7, 11) is 1.79. The lowest BCUT2D eigenvalue weighted by atomic mass is 10.0. The molecule has 0 bridgehead atoms. The molecule has 2 unspecified atom stereocenters. The van der Waals surface area contributed by atoms with E-state index < -0.39 is 0 Å². The molecule has 100 valence electrons. The molecule has 3 atom stereocenters. The molecule has 1 aliphatic rings. The quantitative estimate of drug-likeness (QED) is 0.891. The largest absolute Gasteiger partial charge is 0.381 e. The minimum absolute atomic E-state index is 0.0542. The standard InChI is InChI=1S/C14H23N3O/c1-10-8-13(18-3)5-7-17(10)14-9-12(11(2)15)4-6-16-14/h4,6,9-11,13H,5,7-8,15H2,1-3H3/t10?,11-,13?/m0/s1. The van der Waals surface area contributed by atoms with E-state index in [0.717, 1.165) is 30.8 Å². The molecule has 1 aliphatic heterocycles. The van der Waals surface area contributed by atoms with Gasteiger partial charge in [-0.3, -0.25) is 0 Å². The van der Waals surface area contributed by atoms with E-state index in [2.05, 4.69) is 22.9 Å².